The van der Waals surface area contributed by atoms with Crippen LogP contribution in [0.25, 0.3) is 0 Å². The van der Waals surface area contributed by atoms with Crippen LogP contribution in [0.1, 0.15) is 22.5 Å². The maximum Gasteiger partial charge on any atom is 0.419 e. The van der Waals surface area contributed by atoms with Crippen LogP contribution in [0.5, 0.6) is 0 Å². The summed E-state index contributed by atoms with van der Waals surface area (Å²) in [7, 11) is 1.19. The zero-order valence-electron chi connectivity index (χ0n) is 10.8. The largest absolute Gasteiger partial charge is 0.469 e. The maximum absolute atomic E-state index is 12.6. The molecule has 3 N–H and O–H groups in total. The molecule has 0 saturated carbocycles. The van der Waals surface area contributed by atoms with Crippen LogP contribution in [0.2, 0.25) is 0 Å². The van der Waals surface area contributed by atoms with Crippen LogP contribution in [0.3, 0.4) is 0 Å². The van der Waals surface area contributed by atoms with Gasteiger partial charge in [-0.25, -0.2) is 4.98 Å². The van der Waals surface area contributed by atoms with Gasteiger partial charge in [0.15, 0.2) is 5.69 Å². The molecule has 0 bridgehead atoms. The van der Waals surface area contributed by atoms with Gasteiger partial charge < -0.3 is 15.8 Å². The van der Waals surface area contributed by atoms with Gasteiger partial charge in [0.05, 0.1) is 24.8 Å². The van der Waals surface area contributed by atoms with Crippen molar-refractivity contribution in [2.75, 3.05) is 19.4 Å². The van der Waals surface area contributed by atoms with Crippen molar-refractivity contribution < 1.29 is 27.5 Å². The second kappa shape index (κ2) is 6.74. The minimum atomic E-state index is -4.64. The number of aromatic nitrogens is 1. The minimum absolute atomic E-state index is 0.0503. The van der Waals surface area contributed by atoms with E-state index in [0.29, 0.717) is 6.07 Å². The fraction of sp³-hybridized carbons (Fsp3) is 0.364. The molecular formula is C11H11BrF3N3O3. The molecule has 1 rings (SSSR count). The van der Waals surface area contributed by atoms with E-state index in [4.69, 9.17) is 5.73 Å². The van der Waals surface area contributed by atoms with Gasteiger partial charge in [0, 0.05) is 6.54 Å². The molecule has 116 valence electrons. The zero-order valence-corrected chi connectivity index (χ0v) is 12.3. The molecule has 21 heavy (non-hydrogen) atoms. The van der Waals surface area contributed by atoms with Crippen molar-refractivity contribution in [2.45, 2.75) is 12.6 Å². The number of alkyl halides is 3. The Morgan fingerprint density at radius 1 is 1.48 bits per heavy atom. The highest BCUT2D eigenvalue weighted by molar-refractivity contribution is 9.10. The molecule has 0 aliphatic carbocycles. The first-order valence-corrected chi connectivity index (χ1v) is 6.34. The number of rotatable bonds is 4. The number of carbonyl (C=O) groups is 2. The number of hydrogen-bond acceptors (Lipinski definition) is 5. The molecule has 0 atom stereocenters. The highest BCUT2D eigenvalue weighted by atomic mass is 79.9. The van der Waals surface area contributed by atoms with Gasteiger partial charge in [-0.2, -0.15) is 13.2 Å². The highest BCUT2D eigenvalue weighted by Gasteiger charge is 2.35. The van der Waals surface area contributed by atoms with E-state index in [0.717, 1.165) is 0 Å². The molecule has 6 nitrogen and oxygen atoms in total. The van der Waals surface area contributed by atoms with Crippen molar-refractivity contribution in [3.8, 4) is 0 Å². The van der Waals surface area contributed by atoms with Gasteiger partial charge in [-0.05, 0) is 22.0 Å². The number of amides is 1. The Hall–Kier alpha value is -1.84. The van der Waals surface area contributed by atoms with E-state index in [9.17, 15) is 22.8 Å². The van der Waals surface area contributed by atoms with Gasteiger partial charge in [-0.15, -0.1) is 0 Å². The topological polar surface area (TPSA) is 94.3 Å². The fourth-order valence-corrected chi connectivity index (χ4v) is 1.87. The Balaban J connectivity index is 2.87. The molecule has 0 saturated heterocycles. The van der Waals surface area contributed by atoms with Gasteiger partial charge in [0.1, 0.15) is 4.60 Å². The minimum Gasteiger partial charge on any atom is -0.469 e. The Morgan fingerprint density at radius 3 is 2.62 bits per heavy atom. The molecule has 0 fully saturated rings. The Bertz CT molecular complexity index is 564. The van der Waals surface area contributed by atoms with Crippen molar-refractivity contribution in [3.63, 3.8) is 0 Å². The standard InChI is InChI=1S/C11H11BrF3N3O3/c1-21-7(19)2-3-17-10(20)8-6(16)4-5(9(12)18-8)11(13,14)15/h4H,2-3,16H2,1H3,(H,17,20). The monoisotopic (exact) mass is 369 g/mol. The number of carbonyl (C=O) groups excluding carboxylic acids is 2. The summed E-state index contributed by atoms with van der Waals surface area (Å²) in [5, 5.41) is 2.31. The van der Waals surface area contributed by atoms with Crippen molar-refractivity contribution in [2.24, 2.45) is 0 Å². The lowest BCUT2D eigenvalue weighted by atomic mass is 10.2. The molecule has 0 unspecified atom stereocenters. The van der Waals surface area contributed by atoms with E-state index in [2.05, 4.69) is 31.0 Å². The Kier molecular flexibility index (Phi) is 5.53. The zero-order chi connectivity index (χ0) is 16.2. The summed E-state index contributed by atoms with van der Waals surface area (Å²) in [6.45, 7) is -0.0503. The number of halogens is 4. The molecule has 0 radical (unpaired) electrons. The van der Waals surface area contributed by atoms with Crippen molar-refractivity contribution in [3.05, 3.63) is 21.9 Å². The molecule has 0 aliphatic rings. The van der Waals surface area contributed by atoms with Gasteiger partial charge in [-0.3, -0.25) is 9.59 Å². The van der Waals surface area contributed by atoms with E-state index in [-0.39, 0.29) is 18.7 Å². The summed E-state index contributed by atoms with van der Waals surface area (Å²) in [5.41, 5.74) is 3.56. The van der Waals surface area contributed by atoms with E-state index >= 15 is 0 Å². The summed E-state index contributed by atoms with van der Waals surface area (Å²) in [6.07, 6.45) is -4.72. The van der Waals surface area contributed by atoms with Crippen LogP contribution in [0, 0.1) is 0 Å². The first-order chi connectivity index (χ1) is 9.66. The predicted octanol–water partition coefficient (Wildman–Crippen LogP) is 1.74. The number of methoxy groups -OCH3 is 1. The van der Waals surface area contributed by atoms with E-state index in [1.807, 2.05) is 0 Å². The molecule has 0 aliphatic heterocycles. The molecule has 1 aromatic heterocycles. The number of pyridine rings is 1. The van der Waals surface area contributed by atoms with E-state index in [1.54, 1.807) is 0 Å². The third kappa shape index (κ3) is 4.59. The van der Waals surface area contributed by atoms with Crippen LogP contribution < -0.4 is 11.1 Å². The first kappa shape index (κ1) is 17.2. The SMILES string of the molecule is COC(=O)CCNC(=O)c1nc(Br)c(C(F)(F)F)cc1N. The van der Waals surface area contributed by atoms with Crippen LogP contribution >= 0.6 is 15.9 Å². The average molecular weight is 370 g/mol. The number of ether oxygens (including phenoxy) is 1. The summed E-state index contributed by atoms with van der Waals surface area (Å²) < 4.78 is 41.7. The number of hydrogen-bond donors (Lipinski definition) is 2. The second-order valence-electron chi connectivity index (χ2n) is 3.84. The van der Waals surface area contributed by atoms with Gasteiger partial charge in [0.25, 0.3) is 5.91 Å². The van der Waals surface area contributed by atoms with Crippen LogP contribution in [0.4, 0.5) is 18.9 Å². The lowest BCUT2D eigenvalue weighted by molar-refractivity contribution is -0.140. The van der Waals surface area contributed by atoms with Crippen LogP contribution in [-0.2, 0) is 15.7 Å². The number of nitrogen functional groups attached to an aromatic ring is 1. The summed E-state index contributed by atoms with van der Waals surface area (Å²) in [6, 6.07) is 0.617. The maximum atomic E-state index is 12.6. The predicted molar refractivity (Wildman–Crippen MR) is 70.3 cm³/mol. The summed E-state index contributed by atoms with van der Waals surface area (Å²) in [4.78, 5) is 26.1. The molecule has 1 aromatic rings. The van der Waals surface area contributed by atoms with Crippen molar-refractivity contribution in [1.29, 1.82) is 0 Å². The average Bonchev–Trinajstić information content (AvgIpc) is 2.39. The third-order valence-corrected chi connectivity index (χ3v) is 2.97. The number of nitrogens with one attached hydrogen (secondary N) is 1. The van der Waals surface area contributed by atoms with Gasteiger partial charge in [0.2, 0.25) is 0 Å². The number of anilines is 1. The summed E-state index contributed by atoms with van der Waals surface area (Å²) >= 11 is 2.65. The number of nitrogens with zero attached hydrogens (tertiary/aromatic N) is 1. The number of nitrogens with two attached hydrogens (primary N) is 1. The summed E-state index contributed by atoms with van der Waals surface area (Å²) in [5.74, 6) is -1.32. The molecule has 10 heteroatoms. The highest BCUT2D eigenvalue weighted by Crippen LogP contribution is 2.35. The third-order valence-electron chi connectivity index (χ3n) is 2.37. The molecular weight excluding hydrogens is 359 g/mol. The van der Waals surface area contributed by atoms with Crippen LogP contribution in [0.15, 0.2) is 10.7 Å². The quantitative estimate of drug-likeness (QED) is 0.622. The van der Waals surface area contributed by atoms with Crippen molar-refractivity contribution in [1.82, 2.24) is 10.3 Å². The Morgan fingerprint density at radius 2 is 2.10 bits per heavy atom. The number of esters is 1. The van der Waals surface area contributed by atoms with E-state index < -0.39 is 33.9 Å². The van der Waals surface area contributed by atoms with Crippen LogP contribution in [-0.4, -0.2) is 30.5 Å². The van der Waals surface area contributed by atoms with Gasteiger partial charge >= 0.3 is 12.1 Å². The van der Waals surface area contributed by atoms with Crippen molar-refractivity contribution >= 4 is 33.5 Å². The Labute approximate surface area is 126 Å². The molecule has 1 amide bonds. The molecule has 0 aromatic carbocycles. The smallest absolute Gasteiger partial charge is 0.419 e. The van der Waals surface area contributed by atoms with Gasteiger partial charge in [-0.1, -0.05) is 0 Å². The molecule has 0 spiro atoms. The van der Waals surface area contributed by atoms with E-state index in [1.165, 1.54) is 7.11 Å². The normalized spacial score (nSPS) is 11.1. The first-order valence-electron chi connectivity index (χ1n) is 5.55. The second-order valence-corrected chi connectivity index (χ2v) is 4.60. The lowest BCUT2D eigenvalue weighted by Gasteiger charge is -2.12. The lowest BCUT2D eigenvalue weighted by Crippen LogP contribution is -2.28. The molecule has 1 heterocycles. The fourth-order valence-electron chi connectivity index (χ4n) is 1.35.